The summed E-state index contributed by atoms with van der Waals surface area (Å²) < 4.78 is 29.9. The third-order valence-corrected chi connectivity index (χ3v) is 5.99. The highest BCUT2D eigenvalue weighted by molar-refractivity contribution is 5.98. The van der Waals surface area contributed by atoms with Gasteiger partial charge in [-0.1, -0.05) is 12.1 Å². The minimum Gasteiger partial charge on any atom is -0.367 e. The number of halogens is 2. The van der Waals surface area contributed by atoms with Gasteiger partial charge in [-0.3, -0.25) is 9.59 Å². The summed E-state index contributed by atoms with van der Waals surface area (Å²) in [7, 11) is 0. The highest BCUT2D eigenvalue weighted by Crippen LogP contribution is 2.38. The van der Waals surface area contributed by atoms with Gasteiger partial charge in [-0.25, -0.2) is 14.2 Å². The molecule has 0 atom stereocenters. The molecule has 5 rings (SSSR count). The van der Waals surface area contributed by atoms with E-state index in [-0.39, 0.29) is 22.8 Å². The van der Waals surface area contributed by atoms with Crippen molar-refractivity contribution in [1.29, 1.82) is 0 Å². The number of piperazine rings is 1. The minimum absolute atomic E-state index is 0.0972. The number of aromatic nitrogens is 1. The Morgan fingerprint density at radius 3 is 2.55 bits per heavy atom. The lowest BCUT2D eigenvalue weighted by atomic mass is 10.1. The number of hydrogen-bond donors (Lipinski definition) is 2. The number of nitrogens with one attached hydrogen (secondary N) is 2. The Morgan fingerprint density at radius 2 is 1.85 bits per heavy atom. The first-order valence-corrected chi connectivity index (χ1v) is 10.9. The summed E-state index contributed by atoms with van der Waals surface area (Å²) in [5.74, 6) is -1.53. The maximum absolute atomic E-state index is 15.0. The fourth-order valence-electron chi connectivity index (χ4n) is 4.10. The molecule has 1 aliphatic heterocycles. The molecule has 2 fully saturated rings. The molecule has 0 bridgehead atoms. The van der Waals surface area contributed by atoms with Crippen molar-refractivity contribution in [2.45, 2.75) is 18.9 Å². The summed E-state index contributed by atoms with van der Waals surface area (Å²) in [5, 5.41) is 7.29. The lowest BCUT2D eigenvalue weighted by Gasteiger charge is -2.30. The van der Waals surface area contributed by atoms with Gasteiger partial charge in [0, 0.05) is 43.8 Å². The number of nitrogens with zero attached hydrogens (tertiary/aromatic N) is 3. The van der Waals surface area contributed by atoms with Crippen molar-refractivity contribution >= 4 is 28.7 Å². The molecule has 7 nitrogen and oxygen atoms in total. The minimum atomic E-state index is -0.679. The molecule has 0 unspecified atom stereocenters. The summed E-state index contributed by atoms with van der Waals surface area (Å²) in [6, 6.07) is 8.73. The molecule has 9 heteroatoms. The number of pyridine rings is 1. The van der Waals surface area contributed by atoms with Crippen molar-refractivity contribution in [2.75, 3.05) is 31.1 Å². The van der Waals surface area contributed by atoms with Gasteiger partial charge >= 0.3 is 0 Å². The van der Waals surface area contributed by atoms with E-state index in [4.69, 9.17) is 0 Å². The fourth-order valence-corrected chi connectivity index (χ4v) is 4.10. The first-order chi connectivity index (χ1) is 16.0. The van der Waals surface area contributed by atoms with E-state index < -0.39 is 17.2 Å². The zero-order chi connectivity index (χ0) is 22.9. The largest absolute Gasteiger partial charge is 0.367 e. The Morgan fingerprint density at radius 1 is 1.12 bits per heavy atom. The summed E-state index contributed by atoms with van der Waals surface area (Å²) in [4.78, 5) is 27.8. The molecule has 2 N–H and O–H groups in total. The molecular weight excluding hydrogens is 428 g/mol. The number of rotatable bonds is 5. The van der Waals surface area contributed by atoms with Crippen molar-refractivity contribution < 1.29 is 13.6 Å². The zero-order valence-electron chi connectivity index (χ0n) is 17.9. The molecule has 33 heavy (non-hydrogen) atoms. The van der Waals surface area contributed by atoms with Crippen molar-refractivity contribution in [3.05, 3.63) is 75.6 Å². The molecule has 0 spiro atoms. The summed E-state index contributed by atoms with van der Waals surface area (Å²) in [5.41, 5.74) is 3.40. The van der Waals surface area contributed by atoms with Gasteiger partial charge in [0.25, 0.3) is 5.91 Å². The van der Waals surface area contributed by atoms with Crippen LogP contribution < -0.4 is 21.1 Å². The predicted molar refractivity (Wildman–Crippen MR) is 123 cm³/mol. The average molecular weight is 451 g/mol. The normalized spacial score (nSPS) is 16.5. The summed E-state index contributed by atoms with van der Waals surface area (Å²) in [6.07, 6.45) is 4.77. The SMILES string of the molecule is O=C(N/N=C/c1ccc(F)cc1)c1cn(C2CC2)c2cc(N3CCNCC3)c(F)cc2c1=O. The van der Waals surface area contributed by atoms with Gasteiger partial charge in [0.2, 0.25) is 5.43 Å². The molecule has 2 aliphatic rings. The number of carbonyl (C=O) groups is 1. The van der Waals surface area contributed by atoms with Gasteiger partial charge < -0.3 is 14.8 Å². The molecule has 1 saturated carbocycles. The first kappa shape index (κ1) is 21.3. The van der Waals surface area contributed by atoms with E-state index in [1.807, 2.05) is 9.47 Å². The topological polar surface area (TPSA) is 78.7 Å². The lowest BCUT2D eigenvalue weighted by Crippen LogP contribution is -2.43. The quantitative estimate of drug-likeness (QED) is 0.462. The molecule has 170 valence electrons. The molecule has 2 heterocycles. The average Bonchev–Trinajstić information content (AvgIpc) is 3.66. The van der Waals surface area contributed by atoms with E-state index in [0.717, 1.165) is 25.9 Å². The maximum Gasteiger partial charge on any atom is 0.276 e. The highest BCUT2D eigenvalue weighted by atomic mass is 19.1. The molecular formula is C24H23F2N5O2. The molecule has 1 aromatic heterocycles. The maximum atomic E-state index is 15.0. The Kier molecular flexibility index (Phi) is 5.63. The van der Waals surface area contributed by atoms with Crippen LogP contribution >= 0.6 is 0 Å². The van der Waals surface area contributed by atoms with E-state index >= 15 is 4.39 Å². The van der Waals surface area contributed by atoms with Gasteiger partial charge in [-0.15, -0.1) is 0 Å². The smallest absolute Gasteiger partial charge is 0.276 e. The van der Waals surface area contributed by atoms with Crippen LogP contribution in [0.15, 0.2) is 52.5 Å². The Balaban J connectivity index is 1.49. The standard InChI is InChI=1S/C24H23F2N5O2/c25-16-3-1-15(2-4-16)13-28-29-24(33)19-14-31(17-5-6-17)21-12-22(30-9-7-27-8-10-30)20(26)11-18(21)23(19)32/h1-4,11-14,17,27H,5-10H2,(H,29,33)/b28-13+. The Bertz CT molecular complexity index is 1290. The van der Waals surface area contributed by atoms with Gasteiger partial charge in [-0.2, -0.15) is 5.10 Å². The van der Waals surface area contributed by atoms with Crippen LogP contribution in [0.3, 0.4) is 0 Å². The van der Waals surface area contributed by atoms with Crippen LogP contribution in [0.4, 0.5) is 14.5 Å². The van der Waals surface area contributed by atoms with Crippen molar-refractivity contribution in [3.8, 4) is 0 Å². The second-order valence-corrected chi connectivity index (χ2v) is 8.32. The number of amides is 1. The van der Waals surface area contributed by atoms with Crippen molar-refractivity contribution in [2.24, 2.45) is 5.10 Å². The number of hydrogen-bond acceptors (Lipinski definition) is 5. The number of hydrazone groups is 1. The molecule has 3 aromatic rings. The summed E-state index contributed by atoms with van der Waals surface area (Å²) >= 11 is 0. The Hall–Kier alpha value is -3.59. The van der Waals surface area contributed by atoms with Crippen molar-refractivity contribution in [1.82, 2.24) is 15.3 Å². The Labute approximate surface area is 188 Å². The third kappa shape index (κ3) is 4.36. The lowest BCUT2D eigenvalue weighted by molar-refractivity contribution is 0.0953. The molecule has 1 aliphatic carbocycles. The van der Waals surface area contributed by atoms with E-state index in [1.165, 1.54) is 36.5 Å². The third-order valence-electron chi connectivity index (χ3n) is 5.99. The highest BCUT2D eigenvalue weighted by Gasteiger charge is 2.28. The first-order valence-electron chi connectivity index (χ1n) is 10.9. The summed E-state index contributed by atoms with van der Waals surface area (Å²) in [6.45, 7) is 2.90. The van der Waals surface area contributed by atoms with Crippen LogP contribution in [0.5, 0.6) is 0 Å². The molecule has 1 saturated heterocycles. The van der Waals surface area contributed by atoms with Crippen LogP contribution in [0.25, 0.3) is 10.9 Å². The van der Waals surface area contributed by atoms with E-state index in [2.05, 4.69) is 15.8 Å². The zero-order valence-corrected chi connectivity index (χ0v) is 17.9. The number of carbonyl (C=O) groups excluding carboxylic acids is 1. The predicted octanol–water partition coefficient (Wildman–Crippen LogP) is 2.79. The van der Waals surface area contributed by atoms with Crippen LogP contribution in [0.2, 0.25) is 0 Å². The van der Waals surface area contributed by atoms with E-state index in [1.54, 1.807) is 12.3 Å². The number of benzene rings is 2. The monoisotopic (exact) mass is 451 g/mol. The van der Waals surface area contributed by atoms with Crippen LogP contribution in [0, 0.1) is 11.6 Å². The van der Waals surface area contributed by atoms with Crippen molar-refractivity contribution in [3.63, 3.8) is 0 Å². The molecule has 2 aromatic carbocycles. The van der Waals surface area contributed by atoms with E-state index in [0.29, 0.717) is 29.9 Å². The molecule has 0 radical (unpaired) electrons. The fraction of sp³-hybridized carbons (Fsp3) is 0.292. The van der Waals surface area contributed by atoms with Gasteiger partial charge in [0.05, 0.1) is 17.4 Å². The van der Waals surface area contributed by atoms with Crippen LogP contribution in [-0.4, -0.2) is 42.9 Å². The van der Waals surface area contributed by atoms with Crippen LogP contribution in [0.1, 0.15) is 34.8 Å². The number of anilines is 1. The van der Waals surface area contributed by atoms with E-state index in [9.17, 15) is 14.0 Å². The second-order valence-electron chi connectivity index (χ2n) is 8.32. The van der Waals surface area contributed by atoms with Gasteiger partial charge in [0.15, 0.2) is 0 Å². The number of fused-ring (bicyclic) bond motifs is 1. The van der Waals surface area contributed by atoms with Crippen LogP contribution in [-0.2, 0) is 0 Å². The molecule has 1 amide bonds. The van der Waals surface area contributed by atoms with Gasteiger partial charge in [-0.05, 0) is 42.7 Å². The van der Waals surface area contributed by atoms with Gasteiger partial charge in [0.1, 0.15) is 17.2 Å². The second kappa shape index (κ2) is 8.74.